The third-order valence-corrected chi connectivity index (χ3v) is 4.79. The largest absolute Gasteiger partial charge is 0.496 e. The molecule has 1 unspecified atom stereocenters. The molecule has 1 atom stereocenters. The maximum atomic E-state index is 10.5. The van der Waals surface area contributed by atoms with E-state index in [-0.39, 0.29) is 0 Å². The van der Waals surface area contributed by atoms with E-state index in [4.69, 9.17) is 4.74 Å². The molecule has 0 bridgehead atoms. The molecule has 21 heavy (non-hydrogen) atoms. The number of aryl methyl sites for hydroxylation is 1. The maximum absolute atomic E-state index is 10.5. The van der Waals surface area contributed by atoms with Crippen LogP contribution in [-0.4, -0.2) is 12.2 Å². The van der Waals surface area contributed by atoms with E-state index in [2.05, 4.69) is 17.5 Å². The highest BCUT2D eigenvalue weighted by Gasteiger charge is 2.13. The monoisotopic (exact) mass is 298 g/mol. The molecule has 0 radical (unpaired) electrons. The third kappa shape index (κ3) is 2.80. The fourth-order valence-corrected chi connectivity index (χ4v) is 3.60. The van der Waals surface area contributed by atoms with Crippen molar-refractivity contribution in [3.05, 3.63) is 64.5 Å². The van der Waals surface area contributed by atoms with Crippen molar-refractivity contribution in [1.82, 2.24) is 0 Å². The summed E-state index contributed by atoms with van der Waals surface area (Å²) >= 11 is 1.73. The van der Waals surface area contributed by atoms with Crippen LogP contribution in [0.4, 0.5) is 0 Å². The van der Waals surface area contributed by atoms with Gasteiger partial charge in [-0.1, -0.05) is 24.3 Å². The van der Waals surface area contributed by atoms with Gasteiger partial charge in [-0.25, -0.2) is 0 Å². The number of aliphatic hydroxyl groups is 1. The van der Waals surface area contributed by atoms with Crippen LogP contribution >= 0.6 is 11.3 Å². The molecule has 2 nitrogen and oxygen atoms in total. The summed E-state index contributed by atoms with van der Waals surface area (Å²) in [4.78, 5) is 0. The molecule has 3 aromatic rings. The Kier molecular flexibility index (Phi) is 3.95. The van der Waals surface area contributed by atoms with Crippen molar-refractivity contribution in [2.45, 2.75) is 19.4 Å². The Hall–Kier alpha value is -1.84. The topological polar surface area (TPSA) is 29.5 Å². The molecule has 0 spiro atoms. The Bertz CT molecular complexity index is 761. The van der Waals surface area contributed by atoms with Crippen LogP contribution in [-0.2, 0) is 6.42 Å². The number of fused-ring (bicyclic) bond motifs is 1. The lowest BCUT2D eigenvalue weighted by molar-refractivity contribution is 0.179. The highest BCUT2D eigenvalue weighted by atomic mass is 32.1. The van der Waals surface area contributed by atoms with Gasteiger partial charge in [0.2, 0.25) is 0 Å². The second kappa shape index (κ2) is 5.88. The van der Waals surface area contributed by atoms with Crippen molar-refractivity contribution in [3.8, 4) is 5.75 Å². The number of aliphatic hydroxyl groups excluding tert-OH is 1. The van der Waals surface area contributed by atoms with Gasteiger partial charge in [0.1, 0.15) is 5.75 Å². The van der Waals surface area contributed by atoms with E-state index in [9.17, 15) is 5.11 Å². The van der Waals surface area contributed by atoms with Gasteiger partial charge in [-0.3, -0.25) is 0 Å². The van der Waals surface area contributed by atoms with Crippen LogP contribution in [0.3, 0.4) is 0 Å². The van der Waals surface area contributed by atoms with Gasteiger partial charge < -0.3 is 9.84 Å². The van der Waals surface area contributed by atoms with Crippen LogP contribution in [0.25, 0.3) is 10.1 Å². The van der Waals surface area contributed by atoms with Crippen molar-refractivity contribution < 1.29 is 9.84 Å². The lowest BCUT2D eigenvalue weighted by Gasteiger charge is -2.13. The van der Waals surface area contributed by atoms with Gasteiger partial charge in [0, 0.05) is 11.1 Å². The summed E-state index contributed by atoms with van der Waals surface area (Å²) in [6, 6.07) is 14.2. The van der Waals surface area contributed by atoms with Gasteiger partial charge >= 0.3 is 0 Å². The average Bonchev–Trinajstić information content (AvgIpc) is 2.90. The van der Waals surface area contributed by atoms with E-state index in [1.54, 1.807) is 18.4 Å². The van der Waals surface area contributed by atoms with E-state index in [1.807, 2.05) is 37.3 Å². The Morgan fingerprint density at radius 1 is 1.19 bits per heavy atom. The summed E-state index contributed by atoms with van der Waals surface area (Å²) in [6.07, 6.45) is 0.142. The van der Waals surface area contributed by atoms with Crippen molar-refractivity contribution >= 4 is 21.4 Å². The van der Waals surface area contributed by atoms with Crippen LogP contribution in [0, 0.1) is 6.92 Å². The molecule has 1 aromatic heterocycles. The summed E-state index contributed by atoms with van der Waals surface area (Å²) in [5.74, 6) is 0.854. The van der Waals surface area contributed by atoms with E-state index < -0.39 is 6.10 Å². The minimum Gasteiger partial charge on any atom is -0.496 e. The third-order valence-electron chi connectivity index (χ3n) is 3.78. The van der Waals surface area contributed by atoms with Crippen LogP contribution in [0.1, 0.15) is 22.8 Å². The van der Waals surface area contributed by atoms with Gasteiger partial charge in [-0.2, -0.15) is 0 Å². The van der Waals surface area contributed by atoms with Crippen LogP contribution in [0.15, 0.2) is 47.8 Å². The molecule has 0 aliphatic heterocycles. The van der Waals surface area contributed by atoms with Gasteiger partial charge in [-0.05, 0) is 52.6 Å². The predicted octanol–water partition coefficient (Wildman–Crippen LogP) is 4.49. The quantitative estimate of drug-likeness (QED) is 0.768. The zero-order valence-electron chi connectivity index (χ0n) is 12.2. The van der Waals surface area contributed by atoms with Gasteiger partial charge in [0.25, 0.3) is 0 Å². The first-order chi connectivity index (χ1) is 10.2. The molecular formula is C18H18O2S. The first-order valence-electron chi connectivity index (χ1n) is 6.96. The molecule has 2 aromatic carbocycles. The Morgan fingerprint density at radius 2 is 2.00 bits per heavy atom. The highest BCUT2D eigenvalue weighted by Crippen LogP contribution is 2.30. The van der Waals surface area contributed by atoms with Gasteiger partial charge in [-0.15, -0.1) is 11.3 Å². The molecule has 3 rings (SSSR count). The van der Waals surface area contributed by atoms with E-state index >= 15 is 0 Å². The smallest absolute Gasteiger partial charge is 0.121 e. The van der Waals surface area contributed by atoms with Crippen LogP contribution < -0.4 is 4.74 Å². The number of thiophene rings is 1. The highest BCUT2D eigenvalue weighted by molar-refractivity contribution is 7.17. The number of ether oxygens (including phenoxy) is 1. The van der Waals surface area contributed by atoms with E-state index in [0.717, 1.165) is 16.9 Å². The standard InChI is InChI=1S/C18H18O2S/c1-12-9-13(7-8-17(12)20-2)16(19)10-14-11-21-18-6-4-3-5-15(14)18/h3-9,11,16,19H,10H2,1-2H3. The molecular weight excluding hydrogens is 280 g/mol. The minimum absolute atomic E-state index is 0.493. The molecule has 0 amide bonds. The number of rotatable bonds is 4. The summed E-state index contributed by atoms with van der Waals surface area (Å²) in [7, 11) is 1.66. The second-order valence-corrected chi connectivity index (χ2v) is 6.12. The number of hydrogen-bond donors (Lipinski definition) is 1. The van der Waals surface area contributed by atoms with Crippen LogP contribution in [0.5, 0.6) is 5.75 Å². The summed E-state index contributed by atoms with van der Waals surface area (Å²) in [5, 5.41) is 13.9. The molecule has 3 heteroatoms. The lowest BCUT2D eigenvalue weighted by atomic mass is 9.99. The molecule has 0 saturated heterocycles. The van der Waals surface area contributed by atoms with Crippen molar-refractivity contribution in [3.63, 3.8) is 0 Å². The molecule has 0 aliphatic rings. The van der Waals surface area contributed by atoms with E-state index in [0.29, 0.717) is 6.42 Å². The fraction of sp³-hybridized carbons (Fsp3) is 0.222. The number of hydrogen-bond acceptors (Lipinski definition) is 3. The normalized spacial score (nSPS) is 12.5. The SMILES string of the molecule is COc1ccc(C(O)Cc2csc3ccccc23)cc1C. The predicted molar refractivity (Wildman–Crippen MR) is 88.2 cm³/mol. The van der Waals surface area contributed by atoms with Gasteiger partial charge in [0.05, 0.1) is 13.2 Å². The Labute approximate surface area is 128 Å². The zero-order valence-corrected chi connectivity index (χ0v) is 13.0. The lowest BCUT2D eigenvalue weighted by Crippen LogP contribution is -2.02. The minimum atomic E-state index is -0.493. The number of benzene rings is 2. The summed E-state index contributed by atoms with van der Waals surface area (Å²) in [5.41, 5.74) is 3.18. The summed E-state index contributed by atoms with van der Waals surface area (Å²) in [6.45, 7) is 2.00. The second-order valence-electron chi connectivity index (χ2n) is 5.21. The molecule has 1 N–H and O–H groups in total. The van der Waals surface area contributed by atoms with Crippen molar-refractivity contribution in [1.29, 1.82) is 0 Å². The van der Waals surface area contributed by atoms with Crippen molar-refractivity contribution in [2.24, 2.45) is 0 Å². The molecule has 0 saturated carbocycles. The number of methoxy groups -OCH3 is 1. The maximum Gasteiger partial charge on any atom is 0.121 e. The molecule has 1 heterocycles. The Balaban J connectivity index is 1.86. The fourth-order valence-electron chi connectivity index (χ4n) is 2.63. The molecule has 108 valence electrons. The zero-order chi connectivity index (χ0) is 14.8. The molecule has 0 fully saturated rings. The van der Waals surface area contributed by atoms with Crippen LogP contribution in [0.2, 0.25) is 0 Å². The first kappa shape index (κ1) is 14.1. The first-order valence-corrected chi connectivity index (χ1v) is 7.84. The molecule has 0 aliphatic carbocycles. The summed E-state index contributed by atoms with van der Waals surface area (Å²) < 4.78 is 6.53. The average molecular weight is 298 g/mol. The van der Waals surface area contributed by atoms with Gasteiger partial charge in [0.15, 0.2) is 0 Å². The van der Waals surface area contributed by atoms with Crippen molar-refractivity contribution in [2.75, 3.05) is 7.11 Å². The Morgan fingerprint density at radius 3 is 2.76 bits per heavy atom. The van der Waals surface area contributed by atoms with E-state index in [1.165, 1.54) is 15.6 Å².